The number of ether oxygens (including phenoxy) is 2. The molecule has 0 saturated carbocycles. The summed E-state index contributed by atoms with van der Waals surface area (Å²) in [5.41, 5.74) is 9.17. The second-order valence-corrected chi connectivity index (χ2v) is 6.93. The summed E-state index contributed by atoms with van der Waals surface area (Å²) in [6.07, 6.45) is 1.11. The number of hydrogen-bond acceptors (Lipinski definition) is 6. The predicted molar refractivity (Wildman–Crippen MR) is 118 cm³/mol. The van der Waals surface area contributed by atoms with E-state index in [0.717, 1.165) is 11.3 Å². The first-order valence-corrected chi connectivity index (χ1v) is 9.83. The van der Waals surface area contributed by atoms with Gasteiger partial charge in [-0.25, -0.2) is 4.68 Å². The van der Waals surface area contributed by atoms with Crippen molar-refractivity contribution in [1.29, 1.82) is 5.26 Å². The van der Waals surface area contributed by atoms with Gasteiger partial charge in [-0.3, -0.25) is 4.79 Å². The number of para-hydroxylation sites is 1. The molecule has 3 N–H and O–H groups in total. The maximum absolute atomic E-state index is 12.6. The van der Waals surface area contributed by atoms with Gasteiger partial charge in [-0.1, -0.05) is 18.2 Å². The van der Waals surface area contributed by atoms with Gasteiger partial charge in [-0.2, -0.15) is 10.4 Å². The molecule has 1 amide bonds. The van der Waals surface area contributed by atoms with Gasteiger partial charge in [0.05, 0.1) is 25.6 Å². The molecule has 0 saturated heterocycles. The van der Waals surface area contributed by atoms with E-state index < -0.39 is 0 Å². The lowest BCUT2D eigenvalue weighted by atomic mass is 10.1. The molecule has 1 aromatic heterocycles. The van der Waals surface area contributed by atoms with Crippen LogP contribution in [0.2, 0.25) is 0 Å². The monoisotopic (exact) mass is 419 g/mol. The number of aryl methyl sites for hydroxylation is 1. The Bertz CT molecular complexity index is 1090. The number of nitriles is 1. The van der Waals surface area contributed by atoms with E-state index in [4.69, 9.17) is 15.2 Å². The minimum absolute atomic E-state index is 0.230. The second kappa shape index (κ2) is 9.67. The normalized spacial score (nSPS) is 10.4. The van der Waals surface area contributed by atoms with Crippen LogP contribution in [0.25, 0.3) is 5.69 Å². The largest absolute Gasteiger partial charge is 0.496 e. The summed E-state index contributed by atoms with van der Waals surface area (Å²) >= 11 is 0. The average Bonchev–Trinajstić information content (AvgIpc) is 3.12. The molecule has 0 aliphatic carbocycles. The summed E-state index contributed by atoms with van der Waals surface area (Å²) in [5.74, 6) is 1.26. The fourth-order valence-corrected chi connectivity index (χ4v) is 3.32. The first-order chi connectivity index (χ1) is 15.0. The number of nitrogens with two attached hydrogens (primary N) is 1. The minimum Gasteiger partial charge on any atom is -0.496 e. The van der Waals surface area contributed by atoms with Crippen LogP contribution in [0.1, 0.15) is 33.6 Å². The van der Waals surface area contributed by atoms with Gasteiger partial charge in [0, 0.05) is 17.7 Å². The Balaban J connectivity index is 1.65. The molecular weight excluding hydrogens is 394 g/mol. The lowest BCUT2D eigenvalue weighted by Gasteiger charge is -2.12. The number of hydrogen-bond donors (Lipinski definition) is 2. The Kier molecular flexibility index (Phi) is 6.78. The molecule has 1 heterocycles. The molecule has 0 aliphatic heterocycles. The number of methoxy groups -OCH3 is 2. The number of nitrogens with one attached hydrogen (secondary N) is 1. The summed E-state index contributed by atoms with van der Waals surface area (Å²) < 4.78 is 12.2. The van der Waals surface area contributed by atoms with Crippen LogP contribution in [-0.4, -0.2) is 36.5 Å². The minimum atomic E-state index is -0.230. The molecule has 0 radical (unpaired) electrons. The van der Waals surface area contributed by atoms with E-state index in [0.29, 0.717) is 53.5 Å². The van der Waals surface area contributed by atoms with Gasteiger partial charge in [0.15, 0.2) is 0 Å². The summed E-state index contributed by atoms with van der Waals surface area (Å²) in [6, 6.07) is 14.9. The topological polar surface area (TPSA) is 115 Å². The SMILES string of the molecule is COc1cc(C(=O)NCCCc2nn(-c3ccccc3)c(N)c2C#N)cc(OC)c1C. The number of aromatic nitrogens is 2. The Morgan fingerprint density at radius 1 is 1.19 bits per heavy atom. The number of carbonyl (C=O) groups is 1. The number of rotatable bonds is 8. The molecule has 160 valence electrons. The standard InChI is InChI=1S/C23H25N5O3/c1-15-20(30-2)12-16(13-21(15)31-3)23(29)26-11-7-10-19-18(14-24)22(25)28(27-19)17-8-5-4-6-9-17/h4-6,8-9,12-13H,7,10-11,25H2,1-3H3,(H,26,29). The maximum atomic E-state index is 12.6. The summed E-state index contributed by atoms with van der Waals surface area (Å²) in [4.78, 5) is 12.6. The van der Waals surface area contributed by atoms with Gasteiger partial charge in [-0.15, -0.1) is 0 Å². The Hall–Kier alpha value is -3.99. The lowest BCUT2D eigenvalue weighted by Crippen LogP contribution is -2.25. The van der Waals surface area contributed by atoms with Crippen molar-refractivity contribution in [3.05, 3.63) is 64.8 Å². The first kappa shape index (κ1) is 21.7. The van der Waals surface area contributed by atoms with Crippen molar-refractivity contribution < 1.29 is 14.3 Å². The molecule has 8 nitrogen and oxygen atoms in total. The Morgan fingerprint density at radius 2 is 1.84 bits per heavy atom. The molecular formula is C23H25N5O3. The third kappa shape index (κ3) is 4.61. The highest BCUT2D eigenvalue weighted by Crippen LogP contribution is 2.29. The second-order valence-electron chi connectivity index (χ2n) is 6.93. The van der Waals surface area contributed by atoms with E-state index in [1.165, 1.54) is 0 Å². The molecule has 0 fully saturated rings. The molecule has 0 bridgehead atoms. The van der Waals surface area contributed by atoms with Gasteiger partial charge in [-0.05, 0) is 44.0 Å². The van der Waals surface area contributed by atoms with E-state index in [9.17, 15) is 10.1 Å². The summed E-state index contributed by atoms with van der Waals surface area (Å²) in [7, 11) is 3.10. The van der Waals surface area contributed by atoms with E-state index in [1.54, 1.807) is 31.0 Å². The molecule has 3 rings (SSSR count). The summed E-state index contributed by atoms with van der Waals surface area (Å²) in [5, 5.41) is 16.9. The average molecular weight is 419 g/mol. The van der Waals surface area contributed by atoms with E-state index >= 15 is 0 Å². The number of benzene rings is 2. The molecule has 3 aromatic rings. The molecule has 31 heavy (non-hydrogen) atoms. The summed E-state index contributed by atoms with van der Waals surface area (Å²) in [6.45, 7) is 2.28. The van der Waals surface area contributed by atoms with Crippen molar-refractivity contribution in [2.24, 2.45) is 0 Å². The first-order valence-electron chi connectivity index (χ1n) is 9.83. The number of nitrogen functional groups attached to an aromatic ring is 1. The van der Waals surface area contributed by atoms with E-state index in [-0.39, 0.29) is 5.91 Å². The van der Waals surface area contributed by atoms with Crippen LogP contribution in [0, 0.1) is 18.3 Å². The Labute approximate surface area is 181 Å². The van der Waals surface area contributed by atoms with Gasteiger partial charge in [0.25, 0.3) is 5.91 Å². The Morgan fingerprint density at radius 3 is 2.42 bits per heavy atom. The zero-order valence-electron chi connectivity index (χ0n) is 17.8. The van der Waals surface area contributed by atoms with Gasteiger partial charge in [0.1, 0.15) is 28.9 Å². The highest BCUT2D eigenvalue weighted by Gasteiger charge is 2.17. The van der Waals surface area contributed by atoms with Crippen LogP contribution in [0.15, 0.2) is 42.5 Å². The smallest absolute Gasteiger partial charge is 0.251 e. The van der Waals surface area contributed by atoms with Crippen LogP contribution < -0.4 is 20.5 Å². The van der Waals surface area contributed by atoms with Crippen molar-refractivity contribution >= 4 is 11.7 Å². The van der Waals surface area contributed by atoms with E-state index in [1.807, 2.05) is 37.3 Å². The molecule has 0 spiro atoms. The predicted octanol–water partition coefficient (Wildman–Crippen LogP) is 3.01. The molecule has 0 unspecified atom stereocenters. The third-order valence-electron chi connectivity index (χ3n) is 5.00. The lowest BCUT2D eigenvalue weighted by molar-refractivity contribution is 0.0952. The van der Waals surface area contributed by atoms with Crippen molar-refractivity contribution in [2.45, 2.75) is 19.8 Å². The number of anilines is 1. The number of nitrogens with zero attached hydrogens (tertiary/aromatic N) is 3. The molecule has 0 atom stereocenters. The van der Waals surface area contributed by atoms with Crippen LogP contribution >= 0.6 is 0 Å². The maximum Gasteiger partial charge on any atom is 0.251 e. The zero-order valence-corrected chi connectivity index (χ0v) is 17.8. The van der Waals surface area contributed by atoms with Crippen LogP contribution in [0.3, 0.4) is 0 Å². The molecule has 8 heteroatoms. The van der Waals surface area contributed by atoms with Crippen LogP contribution in [0.5, 0.6) is 11.5 Å². The van der Waals surface area contributed by atoms with Crippen LogP contribution in [0.4, 0.5) is 5.82 Å². The zero-order chi connectivity index (χ0) is 22.4. The van der Waals surface area contributed by atoms with Crippen molar-refractivity contribution in [3.63, 3.8) is 0 Å². The van der Waals surface area contributed by atoms with Crippen LogP contribution in [-0.2, 0) is 6.42 Å². The quantitative estimate of drug-likeness (QED) is 0.542. The van der Waals surface area contributed by atoms with E-state index in [2.05, 4.69) is 16.5 Å². The third-order valence-corrected chi connectivity index (χ3v) is 5.00. The highest BCUT2D eigenvalue weighted by atomic mass is 16.5. The molecule has 2 aromatic carbocycles. The van der Waals surface area contributed by atoms with Crippen molar-refractivity contribution in [3.8, 4) is 23.3 Å². The van der Waals surface area contributed by atoms with Gasteiger partial charge >= 0.3 is 0 Å². The highest BCUT2D eigenvalue weighted by molar-refractivity contribution is 5.95. The molecule has 0 aliphatic rings. The van der Waals surface area contributed by atoms with Gasteiger partial charge < -0.3 is 20.5 Å². The number of amides is 1. The van der Waals surface area contributed by atoms with Crippen molar-refractivity contribution in [2.75, 3.05) is 26.5 Å². The van der Waals surface area contributed by atoms with Gasteiger partial charge in [0.2, 0.25) is 0 Å². The fraction of sp³-hybridized carbons (Fsp3) is 0.261. The number of carbonyl (C=O) groups excluding carboxylic acids is 1. The van der Waals surface area contributed by atoms with Crippen molar-refractivity contribution in [1.82, 2.24) is 15.1 Å². The fourth-order valence-electron chi connectivity index (χ4n) is 3.32.